The van der Waals surface area contributed by atoms with Crippen molar-refractivity contribution in [3.05, 3.63) is 66.5 Å². The van der Waals surface area contributed by atoms with Crippen LogP contribution in [0.5, 0.6) is 11.6 Å². The number of carbonyl (C=O) groups excluding carboxylic acids is 1. The lowest BCUT2D eigenvalue weighted by Gasteiger charge is -2.21. The lowest BCUT2D eigenvalue weighted by Crippen LogP contribution is -2.27. The lowest BCUT2D eigenvalue weighted by atomic mass is 10.0. The second-order valence-corrected chi connectivity index (χ2v) is 8.76. The summed E-state index contributed by atoms with van der Waals surface area (Å²) in [6.07, 6.45) is -4.57. The molecule has 0 aliphatic rings. The molecule has 8 nitrogen and oxygen atoms in total. The largest absolute Gasteiger partial charge is 0.444 e. The van der Waals surface area contributed by atoms with Crippen LogP contribution in [0.4, 0.5) is 29.5 Å². The molecular formula is C25H22F3N5O3. The average Bonchev–Trinajstić information content (AvgIpc) is 2.77. The van der Waals surface area contributed by atoms with E-state index in [0.717, 1.165) is 17.8 Å². The Balaban J connectivity index is 1.77. The van der Waals surface area contributed by atoms with E-state index in [-0.39, 0.29) is 28.6 Å². The van der Waals surface area contributed by atoms with Gasteiger partial charge in [-0.3, -0.25) is 5.32 Å². The number of nitrogens with two attached hydrogens (primary N) is 1. The molecule has 2 aromatic heterocycles. The Morgan fingerprint density at radius 3 is 2.47 bits per heavy atom. The molecule has 4 rings (SSSR count). The van der Waals surface area contributed by atoms with Gasteiger partial charge in [-0.25, -0.2) is 19.7 Å². The second-order valence-electron chi connectivity index (χ2n) is 8.76. The third-order valence-corrected chi connectivity index (χ3v) is 4.82. The molecule has 186 valence electrons. The van der Waals surface area contributed by atoms with E-state index in [4.69, 9.17) is 15.2 Å². The summed E-state index contributed by atoms with van der Waals surface area (Å²) in [6.45, 7) is 4.93. The Kier molecular flexibility index (Phi) is 6.40. The van der Waals surface area contributed by atoms with Gasteiger partial charge in [-0.2, -0.15) is 13.2 Å². The fraction of sp³-hybridized carbons (Fsp3) is 0.200. The summed E-state index contributed by atoms with van der Waals surface area (Å²) in [5, 5.41) is 3.14. The molecule has 1 amide bonds. The van der Waals surface area contributed by atoms with E-state index in [9.17, 15) is 18.0 Å². The van der Waals surface area contributed by atoms with Crippen LogP contribution in [0.3, 0.4) is 0 Å². The number of ether oxygens (including phenoxy) is 2. The van der Waals surface area contributed by atoms with Gasteiger partial charge in [0.25, 0.3) is 0 Å². The van der Waals surface area contributed by atoms with Gasteiger partial charge >= 0.3 is 12.3 Å². The van der Waals surface area contributed by atoms with E-state index in [2.05, 4.69) is 20.3 Å². The van der Waals surface area contributed by atoms with Crippen molar-refractivity contribution < 1.29 is 27.4 Å². The number of fused-ring (bicyclic) bond motifs is 1. The number of carbonyl (C=O) groups is 1. The van der Waals surface area contributed by atoms with Crippen LogP contribution < -0.4 is 15.8 Å². The number of amides is 1. The summed E-state index contributed by atoms with van der Waals surface area (Å²) >= 11 is 0. The molecule has 0 radical (unpaired) electrons. The monoisotopic (exact) mass is 497 g/mol. The van der Waals surface area contributed by atoms with E-state index < -0.39 is 23.4 Å². The highest BCUT2D eigenvalue weighted by Gasteiger charge is 2.35. The fourth-order valence-corrected chi connectivity index (χ4v) is 3.44. The molecule has 0 bridgehead atoms. The molecule has 36 heavy (non-hydrogen) atoms. The van der Waals surface area contributed by atoms with Gasteiger partial charge in [0.1, 0.15) is 23.3 Å². The van der Waals surface area contributed by atoms with Crippen molar-refractivity contribution in [3.63, 3.8) is 0 Å². The molecule has 2 heterocycles. The van der Waals surface area contributed by atoms with Crippen LogP contribution >= 0.6 is 0 Å². The highest BCUT2D eigenvalue weighted by molar-refractivity contribution is 5.92. The molecule has 0 saturated carbocycles. The number of nitrogens with zero attached hydrogens (tertiary/aromatic N) is 3. The van der Waals surface area contributed by atoms with Crippen molar-refractivity contribution in [3.8, 4) is 22.9 Å². The third-order valence-electron chi connectivity index (χ3n) is 4.82. The SMILES string of the molecule is CC(C)(C)OC(=O)Nc1cccc(C(F)(F)F)c1-c1cc(Oc2cccc3ccc(N)nc23)ncn1. The zero-order valence-electron chi connectivity index (χ0n) is 19.6. The first-order valence-electron chi connectivity index (χ1n) is 10.8. The molecule has 0 unspecified atom stereocenters. The van der Waals surface area contributed by atoms with E-state index >= 15 is 0 Å². The van der Waals surface area contributed by atoms with E-state index in [1.807, 2.05) is 6.07 Å². The number of aromatic nitrogens is 3. The van der Waals surface area contributed by atoms with Gasteiger partial charge in [0.2, 0.25) is 5.88 Å². The molecule has 0 saturated heterocycles. The lowest BCUT2D eigenvalue weighted by molar-refractivity contribution is -0.137. The van der Waals surface area contributed by atoms with Crippen LogP contribution in [0.1, 0.15) is 26.3 Å². The van der Waals surface area contributed by atoms with Crippen LogP contribution in [0.25, 0.3) is 22.2 Å². The highest BCUT2D eigenvalue weighted by Crippen LogP contribution is 2.41. The highest BCUT2D eigenvalue weighted by atomic mass is 19.4. The first-order chi connectivity index (χ1) is 16.9. The maximum absolute atomic E-state index is 13.9. The topological polar surface area (TPSA) is 112 Å². The number of nitrogen functional groups attached to an aromatic ring is 1. The Morgan fingerprint density at radius 1 is 1.00 bits per heavy atom. The van der Waals surface area contributed by atoms with Crippen LogP contribution in [0.2, 0.25) is 0 Å². The summed E-state index contributed by atoms with van der Waals surface area (Å²) in [7, 11) is 0. The molecule has 0 spiro atoms. The molecule has 3 N–H and O–H groups in total. The minimum Gasteiger partial charge on any atom is -0.444 e. The van der Waals surface area contributed by atoms with E-state index in [1.54, 1.807) is 45.0 Å². The average molecular weight is 497 g/mol. The Labute approximate surface area is 204 Å². The second kappa shape index (κ2) is 9.33. The normalized spacial score (nSPS) is 11.8. The van der Waals surface area contributed by atoms with Gasteiger partial charge in [-0.15, -0.1) is 0 Å². The number of pyridine rings is 1. The Hall–Kier alpha value is -4.41. The third kappa shape index (κ3) is 5.62. The first-order valence-corrected chi connectivity index (χ1v) is 10.8. The van der Waals surface area contributed by atoms with Crippen LogP contribution in [-0.2, 0) is 10.9 Å². The van der Waals surface area contributed by atoms with Crippen LogP contribution in [0, 0.1) is 0 Å². The van der Waals surface area contributed by atoms with Gasteiger partial charge in [0, 0.05) is 17.0 Å². The van der Waals surface area contributed by atoms with E-state index in [0.29, 0.717) is 11.3 Å². The molecule has 0 fully saturated rings. The minimum atomic E-state index is -4.73. The number of halogens is 3. The molecule has 4 aromatic rings. The fourth-order valence-electron chi connectivity index (χ4n) is 3.44. The molecule has 0 aliphatic heterocycles. The maximum Gasteiger partial charge on any atom is 0.417 e. The van der Waals surface area contributed by atoms with Crippen molar-refractivity contribution in [2.24, 2.45) is 0 Å². The van der Waals surface area contributed by atoms with Gasteiger partial charge in [0.15, 0.2) is 5.75 Å². The number of alkyl halides is 3. The number of hydrogen-bond acceptors (Lipinski definition) is 7. The first kappa shape index (κ1) is 24.7. The molecule has 0 aliphatic carbocycles. The van der Waals surface area contributed by atoms with Crippen molar-refractivity contribution in [1.82, 2.24) is 15.0 Å². The maximum atomic E-state index is 13.9. The standard InChI is InChI=1S/C25H22F3N5O3/c1-24(2,3)36-23(34)32-16-8-5-7-15(25(26,27)28)21(16)17-12-20(31-13-30-17)35-18-9-4-6-14-10-11-19(29)33-22(14)18/h4-13H,1-3H3,(H2,29,33)(H,32,34). The number of anilines is 2. The predicted molar refractivity (Wildman–Crippen MR) is 129 cm³/mol. The quantitative estimate of drug-likeness (QED) is 0.334. The molecular weight excluding hydrogens is 475 g/mol. The van der Waals surface area contributed by atoms with E-state index in [1.165, 1.54) is 18.2 Å². The number of hydrogen-bond donors (Lipinski definition) is 2. The van der Waals surface area contributed by atoms with Crippen molar-refractivity contribution in [2.45, 2.75) is 32.5 Å². The minimum absolute atomic E-state index is 0.0306. The van der Waals surface area contributed by atoms with Gasteiger partial charge in [-0.05, 0) is 51.1 Å². The summed E-state index contributed by atoms with van der Waals surface area (Å²) < 4.78 is 52.9. The van der Waals surface area contributed by atoms with Crippen molar-refractivity contribution in [2.75, 3.05) is 11.1 Å². The summed E-state index contributed by atoms with van der Waals surface area (Å²) in [6, 6.07) is 13.2. The molecule has 2 aromatic carbocycles. The Bertz CT molecular complexity index is 1430. The molecule has 0 atom stereocenters. The molecule has 11 heteroatoms. The number of rotatable bonds is 4. The zero-order valence-corrected chi connectivity index (χ0v) is 19.6. The zero-order chi connectivity index (χ0) is 26.1. The number of para-hydroxylation sites is 1. The van der Waals surface area contributed by atoms with Crippen LogP contribution in [-0.4, -0.2) is 26.6 Å². The summed E-state index contributed by atoms with van der Waals surface area (Å²) in [5.41, 5.74) is 3.79. The van der Waals surface area contributed by atoms with Gasteiger partial charge < -0.3 is 15.2 Å². The summed E-state index contributed by atoms with van der Waals surface area (Å²) in [5.74, 6) is 0.552. The number of nitrogens with one attached hydrogen (secondary N) is 1. The number of benzene rings is 2. The van der Waals surface area contributed by atoms with Gasteiger partial charge in [0.05, 0.1) is 16.9 Å². The van der Waals surface area contributed by atoms with Crippen LogP contribution in [0.15, 0.2) is 60.9 Å². The predicted octanol–water partition coefficient (Wildman–Crippen LogP) is 6.43. The van der Waals surface area contributed by atoms with Gasteiger partial charge in [-0.1, -0.05) is 18.2 Å². The van der Waals surface area contributed by atoms with Crippen molar-refractivity contribution in [1.29, 1.82) is 0 Å². The Morgan fingerprint density at radius 2 is 1.75 bits per heavy atom. The summed E-state index contributed by atoms with van der Waals surface area (Å²) in [4.78, 5) is 24.7. The smallest absolute Gasteiger partial charge is 0.417 e. The van der Waals surface area contributed by atoms with Crippen molar-refractivity contribution >= 4 is 28.5 Å².